The first kappa shape index (κ1) is 22.2. The predicted molar refractivity (Wildman–Crippen MR) is 98.5 cm³/mol. The normalized spacial score (nSPS) is 15.9. The van der Waals surface area contributed by atoms with Crippen LogP contribution >= 0.6 is 0 Å². The van der Waals surface area contributed by atoms with Crippen molar-refractivity contribution in [1.82, 2.24) is 4.90 Å². The zero-order valence-corrected chi connectivity index (χ0v) is 17.9. The topological polar surface area (TPSA) is 140 Å². The van der Waals surface area contributed by atoms with Gasteiger partial charge < -0.3 is 9.32 Å². The summed E-state index contributed by atoms with van der Waals surface area (Å²) in [5.74, 6) is 1.74. The summed E-state index contributed by atoms with van der Waals surface area (Å²) in [5.41, 5.74) is 3.60. The minimum Gasteiger partial charge on any atom is -0.454 e. The van der Waals surface area contributed by atoms with Crippen molar-refractivity contribution < 1.29 is 43.1 Å². The number of hydrogen-bond acceptors (Lipinski definition) is 7. The molecule has 4 rings (SSSR count). The van der Waals surface area contributed by atoms with Gasteiger partial charge >= 0.3 is 0 Å². The number of rotatable bonds is 2. The molecule has 0 aromatic heterocycles. The van der Waals surface area contributed by atoms with Gasteiger partial charge in [0.25, 0.3) is 5.69 Å². The highest BCUT2D eigenvalue weighted by atomic mass is 35.7. The van der Waals surface area contributed by atoms with Gasteiger partial charge in [0.15, 0.2) is 11.5 Å². The van der Waals surface area contributed by atoms with Gasteiger partial charge in [0.05, 0.1) is 16.5 Å². The molecule has 1 N–H and O–H groups in total. The monoisotopic (exact) mass is 434 g/mol. The Balaban J connectivity index is 0.000000461. The summed E-state index contributed by atoms with van der Waals surface area (Å²) in [4.78, 5) is 18.4. The van der Waals surface area contributed by atoms with Crippen molar-refractivity contribution in [2.75, 3.05) is 14.1 Å². The molecule has 0 amide bonds. The Bertz CT molecular complexity index is 1080. The van der Waals surface area contributed by atoms with Gasteiger partial charge in [0.2, 0.25) is 5.52 Å². The van der Waals surface area contributed by atoms with Gasteiger partial charge in [-0.25, -0.2) is 23.6 Å². The van der Waals surface area contributed by atoms with Crippen LogP contribution in [0.3, 0.4) is 0 Å². The van der Waals surface area contributed by atoms with E-state index in [1.165, 1.54) is 0 Å². The van der Waals surface area contributed by atoms with Gasteiger partial charge in [-0.15, -0.1) is 10.2 Å². The van der Waals surface area contributed by atoms with Crippen molar-refractivity contribution in [3.63, 3.8) is 0 Å². The molecule has 0 atom stereocenters. The van der Waals surface area contributed by atoms with Crippen molar-refractivity contribution in [1.29, 1.82) is 0 Å². The number of fused-ring (bicyclic) bond motifs is 5. The molecule has 3 aliphatic rings. The van der Waals surface area contributed by atoms with Crippen molar-refractivity contribution >= 4 is 22.8 Å². The molecule has 9 heteroatoms. The number of benzene rings is 1. The number of hydrogen-bond donors (Lipinski definition) is 0. The summed E-state index contributed by atoms with van der Waals surface area (Å²) in [6.07, 6.45) is 5.25. The van der Waals surface area contributed by atoms with Crippen molar-refractivity contribution in [2.24, 2.45) is 5.41 Å². The van der Waals surface area contributed by atoms with Crippen LogP contribution in [0, 0.1) is 15.7 Å². The molecular weight excluding hydrogens is 412 g/mol. The molecule has 0 spiro atoms. The quantitative estimate of drug-likeness (QED) is 0.518. The summed E-state index contributed by atoms with van der Waals surface area (Å²) >= 11 is 0. The largest absolute Gasteiger partial charge is 0.454 e. The van der Waals surface area contributed by atoms with Crippen molar-refractivity contribution in [3.8, 4) is 11.3 Å². The molecule has 0 fully saturated rings. The maximum Gasteiger partial charge on any atom is 0.256 e. The number of nitrogens with one attached hydrogen (secondary N) is 1. The molecule has 0 saturated heterocycles. The third-order valence-electron chi connectivity index (χ3n) is 4.80. The molecule has 8 nitrogen and oxygen atoms in total. The SMILES string of the molecule is CN(C)/C=C/c1oc2c(c3c4ccccc4[nH+]c1-3)C(=O)CC(C)(C)C2.[O-][Cl+3]([O-])([O-])[O-]. The van der Waals surface area contributed by atoms with Crippen LogP contribution in [0.1, 0.15) is 42.1 Å². The molecule has 0 bridgehead atoms. The zero-order valence-electron chi connectivity index (χ0n) is 17.2. The molecule has 160 valence electrons. The average molecular weight is 435 g/mol. The second kappa shape index (κ2) is 7.98. The highest BCUT2D eigenvalue weighted by Gasteiger charge is 2.39. The fourth-order valence-corrected chi connectivity index (χ4v) is 3.73. The second-order valence-corrected chi connectivity index (χ2v) is 9.04. The lowest BCUT2D eigenvalue weighted by Gasteiger charge is -2.29. The van der Waals surface area contributed by atoms with Gasteiger partial charge in [-0.1, -0.05) is 26.0 Å². The summed E-state index contributed by atoms with van der Waals surface area (Å²) in [6, 6.07) is 8.12. The van der Waals surface area contributed by atoms with Crippen LogP contribution in [-0.4, -0.2) is 24.8 Å². The molecule has 1 aromatic rings. The van der Waals surface area contributed by atoms with Crippen LogP contribution in [0.15, 0.2) is 34.9 Å². The summed E-state index contributed by atoms with van der Waals surface area (Å²) in [7, 11) is -0.992. The number of nitrogens with zero attached hydrogens (tertiary/aromatic N) is 1. The van der Waals surface area contributed by atoms with Gasteiger partial charge in [0.1, 0.15) is 5.76 Å². The van der Waals surface area contributed by atoms with Crippen LogP contribution in [0.5, 0.6) is 0 Å². The Hall–Kier alpha value is -2.49. The van der Waals surface area contributed by atoms with E-state index in [2.05, 4.69) is 24.9 Å². The van der Waals surface area contributed by atoms with Gasteiger partial charge in [-0.05, 0) is 11.5 Å². The molecule has 0 radical (unpaired) electrons. The third kappa shape index (κ3) is 4.97. The maximum atomic E-state index is 12.9. The predicted octanol–water partition coefficient (Wildman–Crippen LogP) is -0.717. The number of aromatic amines is 1. The average Bonchev–Trinajstić information content (AvgIpc) is 2.96. The number of carbonyl (C=O) groups excluding carboxylic acids is 1. The Morgan fingerprint density at radius 3 is 2.37 bits per heavy atom. The standard InChI is InChI=1S/C21H22N2O2.ClHO4/c1-21(2)11-15(24)19-17(12-21)25-16(9-10-23(3)4)20-18(19)13-7-5-6-8-14(13)22-20;2-1(3,4)5/h5-10H,11-12H2,1-4H3;(H,2,3,4,5)/b10-9+;. The minimum atomic E-state index is -4.94. The maximum absolute atomic E-state index is 12.9. The fourth-order valence-electron chi connectivity index (χ4n) is 3.73. The molecule has 1 aromatic carbocycles. The molecule has 0 saturated carbocycles. The fraction of sp³-hybridized carbons (Fsp3) is 0.333. The Kier molecular flexibility index (Phi) is 5.90. The Morgan fingerprint density at radius 1 is 1.10 bits per heavy atom. The molecule has 2 heterocycles. The van der Waals surface area contributed by atoms with Gasteiger partial charge in [-0.3, -0.25) is 4.79 Å². The number of aromatic nitrogens is 1. The van der Waals surface area contributed by atoms with E-state index in [4.69, 9.17) is 23.1 Å². The van der Waals surface area contributed by atoms with Crippen LogP contribution in [0.2, 0.25) is 0 Å². The molecular formula is C21H23ClN2O6. The Morgan fingerprint density at radius 2 is 1.73 bits per heavy atom. The number of Topliss-reactive ketones (excluding diaryl/α,β-unsaturated/α-hetero) is 1. The van der Waals surface area contributed by atoms with Crippen molar-refractivity contribution in [2.45, 2.75) is 26.7 Å². The summed E-state index contributed by atoms with van der Waals surface area (Å²) in [6.45, 7) is 4.25. The van der Waals surface area contributed by atoms with E-state index >= 15 is 0 Å². The minimum absolute atomic E-state index is 0.0735. The van der Waals surface area contributed by atoms with Gasteiger partial charge in [-0.2, -0.15) is 0 Å². The second-order valence-electron chi connectivity index (χ2n) is 8.28. The van der Waals surface area contributed by atoms with Crippen LogP contribution in [0.25, 0.3) is 28.2 Å². The van der Waals surface area contributed by atoms with Crippen LogP contribution in [0.4, 0.5) is 0 Å². The molecule has 30 heavy (non-hydrogen) atoms. The van der Waals surface area contributed by atoms with Gasteiger partial charge in [0, 0.05) is 45.3 Å². The lowest BCUT2D eigenvalue weighted by molar-refractivity contribution is -2.00. The first-order valence-electron chi connectivity index (χ1n) is 9.25. The van der Waals surface area contributed by atoms with Crippen molar-refractivity contribution in [3.05, 3.63) is 47.5 Å². The number of halogens is 1. The molecule has 0 unspecified atom stereocenters. The summed E-state index contributed by atoms with van der Waals surface area (Å²) in [5, 5.41) is 1.08. The number of ketones is 1. The Labute approximate surface area is 176 Å². The molecule has 2 aliphatic heterocycles. The zero-order chi connectivity index (χ0) is 22.3. The highest BCUT2D eigenvalue weighted by Crippen LogP contribution is 2.43. The van der Waals surface area contributed by atoms with E-state index in [9.17, 15) is 4.79 Å². The lowest BCUT2D eigenvalue weighted by atomic mass is 9.74. The lowest BCUT2D eigenvalue weighted by Crippen LogP contribution is -2.68. The van der Waals surface area contributed by atoms with E-state index in [1.54, 1.807) is 0 Å². The number of carbonyl (C=O) groups is 1. The number of H-pyrrole nitrogens is 1. The first-order chi connectivity index (χ1) is 13.9. The smallest absolute Gasteiger partial charge is 0.256 e. The van der Waals surface area contributed by atoms with Crippen LogP contribution in [-0.2, 0) is 6.42 Å². The third-order valence-corrected chi connectivity index (χ3v) is 4.80. The molecule has 1 aliphatic carbocycles. The van der Waals surface area contributed by atoms with E-state index in [-0.39, 0.29) is 11.2 Å². The van der Waals surface area contributed by atoms with E-state index in [1.807, 2.05) is 49.5 Å². The van der Waals surface area contributed by atoms with Crippen LogP contribution < -0.4 is 23.6 Å². The summed E-state index contributed by atoms with van der Waals surface area (Å²) < 4.78 is 40.2. The first-order valence-corrected chi connectivity index (χ1v) is 10.5. The number of para-hydroxylation sites is 1. The highest BCUT2D eigenvalue weighted by molar-refractivity contribution is 6.10. The van der Waals surface area contributed by atoms with E-state index in [0.717, 1.165) is 45.7 Å². The van der Waals surface area contributed by atoms with E-state index < -0.39 is 10.2 Å². The van der Waals surface area contributed by atoms with E-state index in [0.29, 0.717) is 6.42 Å².